The van der Waals surface area contributed by atoms with E-state index >= 15 is 0 Å². The van der Waals surface area contributed by atoms with Crippen LogP contribution < -0.4 is 4.74 Å². The molecule has 0 fully saturated rings. The van der Waals surface area contributed by atoms with Crippen LogP contribution in [0.15, 0.2) is 30.6 Å². The Balaban J connectivity index is 2.70. The molecular weight excluding hydrogens is 198 g/mol. The second-order valence-electron chi connectivity index (χ2n) is 3.02. The monoisotopic (exact) mass is 207 g/mol. The fraction of sp³-hybridized carbons (Fsp3) is 0.182. The molecule has 3 heteroatoms. The van der Waals surface area contributed by atoms with E-state index in [-0.39, 0.29) is 0 Å². The largest absolute Gasteiger partial charge is 0.497 e. The number of ether oxygens (including phenoxy) is 1. The Morgan fingerprint density at radius 2 is 2.21 bits per heavy atom. The third-order valence-corrected chi connectivity index (χ3v) is 2.48. The zero-order chi connectivity index (χ0) is 9.97. The van der Waals surface area contributed by atoms with Crippen LogP contribution >= 0.6 is 11.6 Å². The summed E-state index contributed by atoms with van der Waals surface area (Å²) in [5, 5.41) is 2.19. The van der Waals surface area contributed by atoms with Gasteiger partial charge in [0.2, 0.25) is 0 Å². The Hall–Kier alpha value is -1.28. The van der Waals surface area contributed by atoms with E-state index in [4.69, 9.17) is 16.3 Å². The molecule has 2 rings (SSSR count). The number of aromatic nitrogens is 1. The molecule has 0 atom stereocenters. The summed E-state index contributed by atoms with van der Waals surface area (Å²) in [5.74, 6) is 1.31. The first kappa shape index (κ1) is 9.28. The van der Waals surface area contributed by atoms with Crippen LogP contribution in [0.1, 0.15) is 5.56 Å². The number of hydrogen-bond acceptors (Lipinski definition) is 2. The first-order valence-electron chi connectivity index (χ1n) is 4.31. The lowest BCUT2D eigenvalue weighted by Gasteiger charge is -2.05. The molecule has 72 valence electrons. The van der Waals surface area contributed by atoms with Crippen molar-refractivity contribution in [3.63, 3.8) is 0 Å². The van der Waals surface area contributed by atoms with Gasteiger partial charge in [0.25, 0.3) is 0 Å². The maximum absolute atomic E-state index is 5.82. The van der Waals surface area contributed by atoms with Crippen molar-refractivity contribution in [2.45, 2.75) is 5.88 Å². The Labute approximate surface area is 87.5 Å². The van der Waals surface area contributed by atoms with E-state index in [0.29, 0.717) is 5.88 Å². The second kappa shape index (κ2) is 3.84. The molecule has 14 heavy (non-hydrogen) atoms. The highest BCUT2D eigenvalue weighted by atomic mass is 35.5. The van der Waals surface area contributed by atoms with Crippen molar-refractivity contribution < 1.29 is 4.74 Å². The fourth-order valence-corrected chi connectivity index (χ4v) is 1.65. The second-order valence-corrected chi connectivity index (χ2v) is 3.29. The zero-order valence-electron chi connectivity index (χ0n) is 7.83. The Kier molecular flexibility index (Phi) is 2.55. The van der Waals surface area contributed by atoms with E-state index in [1.165, 1.54) is 0 Å². The first-order valence-corrected chi connectivity index (χ1v) is 4.85. The highest BCUT2D eigenvalue weighted by molar-refractivity contribution is 6.18. The van der Waals surface area contributed by atoms with E-state index in [2.05, 4.69) is 4.98 Å². The molecule has 0 radical (unpaired) electrons. The third kappa shape index (κ3) is 1.53. The van der Waals surface area contributed by atoms with Crippen LogP contribution in [0.2, 0.25) is 0 Å². The number of nitrogens with zero attached hydrogens (tertiary/aromatic N) is 1. The predicted octanol–water partition coefficient (Wildman–Crippen LogP) is 2.98. The summed E-state index contributed by atoms with van der Waals surface area (Å²) in [5.41, 5.74) is 1.03. The predicted molar refractivity (Wildman–Crippen MR) is 57.9 cm³/mol. The highest BCUT2D eigenvalue weighted by Crippen LogP contribution is 2.23. The number of benzene rings is 1. The molecule has 2 nitrogen and oxygen atoms in total. The minimum absolute atomic E-state index is 0.470. The summed E-state index contributed by atoms with van der Waals surface area (Å²) < 4.78 is 5.16. The number of rotatable bonds is 2. The molecule has 0 N–H and O–H groups in total. The molecule has 0 amide bonds. The number of alkyl halides is 1. The number of halogens is 1. The van der Waals surface area contributed by atoms with Crippen molar-refractivity contribution in [1.82, 2.24) is 4.98 Å². The van der Waals surface area contributed by atoms with Gasteiger partial charge in [-0.1, -0.05) is 0 Å². The normalized spacial score (nSPS) is 10.4. The van der Waals surface area contributed by atoms with Gasteiger partial charge in [-0.25, -0.2) is 0 Å². The van der Waals surface area contributed by atoms with Crippen molar-refractivity contribution in [3.8, 4) is 5.75 Å². The Bertz CT molecular complexity index is 456. The number of pyridine rings is 1. The summed E-state index contributed by atoms with van der Waals surface area (Å²) in [6.07, 6.45) is 3.61. The summed E-state index contributed by atoms with van der Waals surface area (Å²) in [4.78, 5) is 4.11. The van der Waals surface area contributed by atoms with E-state index in [1.807, 2.05) is 24.4 Å². The number of fused-ring (bicyclic) bond motifs is 1. The molecule has 2 aromatic rings. The van der Waals surface area contributed by atoms with Gasteiger partial charge in [0.1, 0.15) is 5.75 Å². The summed E-state index contributed by atoms with van der Waals surface area (Å²) in [6, 6.07) is 5.88. The molecule has 1 heterocycles. The van der Waals surface area contributed by atoms with Gasteiger partial charge in [-0.05, 0) is 29.1 Å². The molecule has 0 aliphatic heterocycles. The van der Waals surface area contributed by atoms with Crippen LogP contribution in [0, 0.1) is 0 Å². The third-order valence-electron chi connectivity index (χ3n) is 2.19. The topological polar surface area (TPSA) is 22.1 Å². The molecule has 0 saturated heterocycles. The molecule has 1 aromatic carbocycles. The lowest BCUT2D eigenvalue weighted by atomic mass is 10.1. The molecule has 0 unspecified atom stereocenters. The van der Waals surface area contributed by atoms with Crippen LogP contribution in [-0.4, -0.2) is 12.1 Å². The maximum atomic E-state index is 5.82. The van der Waals surface area contributed by atoms with Gasteiger partial charge in [-0.15, -0.1) is 11.6 Å². The van der Waals surface area contributed by atoms with Gasteiger partial charge in [0, 0.05) is 23.7 Å². The highest BCUT2D eigenvalue weighted by Gasteiger charge is 2.01. The summed E-state index contributed by atoms with van der Waals surface area (Å²) >= 11 is 5.82. The van der Waals surface area contributed by atoms with Gasteiger partial charge in [0.15, 0.2) is 0 Å². The minimum Gasteiger partial charge on any atom is -0.497 e. The molecule has 1 aromatic heterocycles. The maximum Gasteiger partial charge on any atom is 0.119 e. The van der Waals surface area contributed by atoms with Crippen molar-refractivity contribution in [1.29, 1.82) is 0 Å². The van der Waals surface area contributed by atoms with Crippen LogP contribution in [0.25, 0.3) is 10.8 Å². The van der Waals surface area contributed by atoms with Gasteiger partial charge >= 0.3 is 0 Å². The quantitative estimate of drug-likeness (QED) is 0.707. The van der Waals surface area contributed by atoms with Crippen LogP contribution in [0.5, 0.6) is 5.75 Å². The summed E-state index contributed by atoms with van der Waals surface area (Å²) in [7, 11) is 1.66. The minimum atomic E-state index is 0.470. The Morgan fingerprint density at radius 1 is 1.36 bits per heavy atom. The molecule has 0 bridgehead atoms. The molecule has 0 spiro atoms. The van der Waals surface area contributed by atoms with Gasteiger partial charge in [0.05, 0.1) is 7.11 Å². The van der Waals surface area contributed by atoms with Crippen molar-refractivity contribution in [3.05, 3.63) is 36.2 Å². The van der Waals surface area contributed by atoms with Crippen LogP contribution in [0.4, 0.5) is 0 Å². The average Bonchev–Trinajstić information content (AvgIpc) is 2.27. The zero-order valence-corrected chi connectivity index (χ0v) is 8.58. The van der Waals surface area contributed by atoms with Gasteiger partial charge < -0.3 is 4.74 Å². The lowest BCUT2D eigenvalue weighted by molar-refractivity contribution is 0.415. The van der Waals surface area contributed by atoms with Crippen LogP contribution in [0.3, 0.4) is 0 Å². The van der Waals surface area contributed by atoms with E-state index < -0.39 is 0 Å². The van der Waals surface area contributed by atoms with Crippen molar-refractivity contribution in [2.75, 3.05) is 7.11 Å². The first-order chi connectivity index (χ1) is 6.85. The molecule has 0 aliphatic rings. The summed E-state index contributed by atoms with van der Waals surface area (Å²) in [6.45, 7) is 0. The van der Waals surface area contributed by atoms with Gasteiger partial charge in [-0.3, -0.25) is 4.98 Å². The number of hydrogen-bond donors (Lipinski definition) is 0. The van der Waals surface area contributed by atoms with E-state index in [0.717, 1.165) is 22.1 Å². The average molecular weight is 208 g/mol. The van der Waals surface area contributed by atoms with Crippen molar-refractivity contribution in [2.24, 2.45) is 0 Å². The van der Waals surface area contributed by atoms with E-state index in [1.54, 1.807) is 13.3 Å². The lowest BCUT2D eigenvalue weighted by Crippen LogP contribution is -1.87. The smallest absolute Gasteiger partial charge is 0.119 e. The molecule has 0 aliphatic carbocycles. The number of methoxy groups -OCH3 is 1. The standard InChI is InChI=1S/C11H10ClNO/c1-14-10-3-2-8-6-13-7-9(5-12)11(8)4-10/h2-4,6-7H,5H2,1H3. The van der Waals surface area contributed by atoms with Gasteiger partial charge in [-0.2, -0.15) is 0 Å². The van der Waals surface area contributed by atoms with E-state index in [9.17, 15) is 0 Å². The molecule has 0 saturated carbocycles. The van der Waals surface area contributed by atoms with Crippen LogP contribution in [-0.2, 0) is 5.88 Å². The SMILES string of the molecule is COc1ccc2cncc(CCl)c2c1. The fourth-order valence-electron chi connectivity index (χ4n) is 1.44. The Morgan fingerprint density at radius 3 is 2.93 bits per heavy atom. The van der Waals surface area contributed by atoms with Crippen molar-refractivity contribution >= 4 is 22.4 Å². The molecular formula is C11H10ClNO.